The van der Waals surface area contributed by atoms with Crippen LogP contribution in [0.2, 0.25) is 0 Å². The van der Waals surface area contributed by atoms with E-state index < -0.39 is 11.0 Å². The molecule has 0 aromatic heterocycles. The molecule has 4 aliphatic rings. The first kappa shape index (κ1) is 25.0. The van der Waals surface area contributed by atoms with Gasteiger partial charge in [0.15, 0.2) is 0 Å². The first-order chi connectivity index (χ1) is 16.2. The van der Waals surface area contributed by atoms with E-state index in [-0.39, 0.29) is 18.2 Å². The number of carbonyl (C=O) groups is 2. The summed E-state index contributed by atoms with van der Waals surface area (Å²) in [5, 5.41) is 2.83. The van der Waals surface area contributed by atoms with Crippen LogP contribution in [-0.4, -0.2) is 54.8 Å². The lowest BCUT2D eigenvalue weighted by molar-refractivity contribution is -0.167. The van der Waals surface area contributed by atoms with Crippen LogP contribution in [-0.2, 0) is 26.1 Å². The van der Waals surface area contributed by atoms with Crippen molar-refractivity contribution in [3.8, 4) is 0 Å². The number of fused-ring (bicyclic) bond motifs is 3. The van der Waals surface area contributed by atoms with Crippen LogP contribution in [0.1, 0.15) is 83.3 Å². The summed E-state index contributed by atoms with van der Waals surface area (Å²) in [5.41, 5.74) is 1.30. The second-order valence-electron chi connectivity index (χ2n) is 11.5. The minimum absolute atomic E-state index is 0.00491. The third kappa shape index (κ3) is 6.12. The van der Waals surface area contributed by atoms with Crippen LogP contribution in [0, 0.1) is 5.92 Å². The Morgan fingerprint density at radius 1 is 1.12 bits per heavy atom. The van der Waals surface area contributed by atoms with Crippen LogP contribution in [0.3, 0.4) is 0 Å². The largest absolute Gasteiger partial charge is 0.460 e. The number of esters is 1. The molecular weight excluding hydrogens is 428 g/mol. The second-order valence-corrected chi connectivity index (χ2v) is 11.5. The van der Waals surface area contributed by atoms with Crippen molar-refractivity contribution in [1.29, 1.82) is 0 Å². The molecule has 3 heterocycles. The van der Waals surface area contributed by atoms with Gasteiger partial charge in [-0.1, -0.05) is 43.5 Å². The normalized spacial score (nSPS) is 26.0. The van der Waals surface area contributed by atoms with Crippen molar-refractivity contribution in [2.75, 3.05) is 26.2 Å². The van der Waals surface area contributed by atoms with Crippen molar-refractivity contribution in [2.24, 2.45) is 5.92 Å². The number of ether oxygens (including phenoxy) is 2. The molecule has 1 aliphatic carbocycles. The first-order valence-electron chi connectivity index (χ1n) is 13.2. The summed E-state index contributed by atoms with van der Waals surface area (Å²) < 4.78 is 11.6. The number of rotatable bonds is 7. The Morgan fingerprint density at radius 3 is 2.50 bits per heavy atom. The monoisotopic (exact) mass is 470 g/mol. The zero-order chi connectivity index (χ0) is 24.2. The molecule has 5 rings (SSSR count). The first-order valence-corrected chi connectivity index (χ1v) is 13.2. The number of alkyl carbamates (subject to hydrolysis) is 1. The van der Waals surface area contributed by atoms with E-state index in [4.69, 9.17) is 9.47 Å². The second kappa shape index (κ2) is 10.7. The molecule has 6 nitrogen and oxygen atoms in total. The minimum atomic E-state index is -0.519. The highest BCUT2D eigenvalue weighted by Crippen LogP contribution is 2.42. The maximum absolute atomic E-state index is 13.7. The summed E-state index contributed by atoms with van der Waals surface area (Å²) in [6.45, 7) is 9.34. The van der Waals surface area contributed by atoms with E-state index in [9.17, 15) is 9.59 Å². The van der Waals surface area contributed by atoms with E-state index >= 15 is 0 Å². The Balaban J connectivity index is 1.39. The molecule has 1 saturated carbocycles. The summed E-state index contributed by atoms with van der Waals surface area (Å²) in [7, 11) is 0. The number of nitrogens with one attached hydrogen (secondary N) is 1. The number of hydrogen-bond donors (Lipinski definition) is 1. The zero-order valence-electron chi connectivity index (χ0n) is 21.2. The van der Waals surface area contributed by atoms with Gasteiger partial charge in [0, 0.05) is 13.1 Å². The fourth-order valence-corrected chi connectivity index (χ4v) is 5.88. The molecule has 4 fully saturated rings. The van der Waals surface area contributed by atoms with Gasteiger partial charge in [-0.3, -0.25) is 9.69 Å². The minimum Gasteiger partial charge on any atom is -0.460 e. The maximum Gasteiger partial charge on any atom is 0.407 e. The zero-order valence-corrected chi connectivity index (χ0v) is 21.2. The lowest BCUT2D eigenvalue weighted by Gasteiger charge is -2.45. The lowest BCUT2D eigenvalue weighted by atomic mass is 9.69. The van der Waals surface area contributed by atoms with Gasteiger partial charge >= 0.3 is 12.1 Å². The summed E-state index contributed by atoms with van der Waals surface area (Å²) in [6.07, 6.45) is 8.70. The highest BCUT2D eigenvalue weighted by atomic mass is 16.6. The standard InChI is InChI=1S/C28H42N2O4/c1-27(2,3)34-26(32)29-16-8-10-21-9-7-11-23(19-21)28(14-5-4-6-15-28)25(31)33-24-20-30-17-12-22(24)13-18-30/h7,9,11,19,22,24H,4-6,8,10,12-18,20H2,1-3H3,(H,29,32)/t24-/m0/s1. The van der Waals surface area contributed by atoms with Gasteiger partial charge in [-0.05, 0) is 89.4 Å². The predicted octanol–water partition coefficient (Wildman–Crippen LogP) is 4.98. The Bertz CT molecular complexity index is 848. The quantitative estimate of drug-likeness (QED) is 0.449. The van der Waals surface area contributed by atoms with Gasteiger partial charge < -0.3 is 14.8 Å². The molecule has 3 saturated heterocycles. The molecule has 0 radical (unpaired) electrons. The SMILES string of the molecule is CC(C)(C)OC(=O)NCCCc1cccc(C2(C(=O)O[C@H]3CN4CCC3CC4)CCCCC2)c1. The Labute approximate surface area is 204 Å². The van der Waals surface area contributed by atoms with E-state index in [2.05, 4.69) is 34.5 Å². The third-order valence-electron chi connectivity index (χ3n) is 7.74. The number of carbonyl (C=O) groups excluding carboxylic acids is 2. The molecule has 188 valence electrons. The maximum atomic E-state index is 13.7. The molecule has 3 aliphatic heterocycles. The van der Waals surface area contributed by atoms with Crippen LogP contribution >= 0.6 is 0 Å². The molecule has 1 N–H and O–H groups in total. The predicted molar refractivity (Wildman–Crippen MR) is 133 cm³/mol. The topological polar surface area (TPSA) is 67.9 Å². The van der Waals surface area contributed by atoms with Gasteiger partial charge in [0.25, 0.3) is 0 Å². The summed E-state index contributed by atoms with van der Waals surface area (Å²) >= 11 is 0. The van der Waals surface area contributed by atoms with Gasteiger partial charge in [-0.2, -0.15) is 0 Å². The number of piperidine rings is 3. The van der Waals surface area contributed by atoms with Crippen LogP contribution in [0.4, 0.5) is 4.79 Å². The molecule has 1 aromatic rings. The summed E-state index contributed by atoms with van der Waals surface area (Å²) in [4.78, 5) is 28.0. The van der Waals surface area contributed by atoms with E-state index in [0.717, 1.165) is 76.6 Å². The number of amides is 1. The highest BCUT2D eigenvalue weighted by Gasteiger charge is 2.45. The van der Waals surface area contributed by atoms with Crippen molar-refractivity contribution in [3.63, 3.8) is 0 Å². The van der Waals surface area contributed by atoms with Crippen molar-refractivity contribution in [3.05, 3.63) is 35.4 Å². The smallest absolute Gasteiger partial charge is 0.407 e. The molecule has 0 unspecified atom stereocenters. The fourth-order valence-electron chi connectivity index (χ4n) is 5.88. The molecule has 1 aromatic carbocycles. The average molecular weight is 471 g/mol. The van der Waals surface area contributed by atoms with Crippen molar-refractivity contribution >= 4 is 12.1 Å². The van der Waals surface area contributed by atoms with Gasteiger partial charge in [0.2, 0.25) is 0 Å². The average Bonchev–Trinajstić information content (AvgIpc) is 2.82. The molecule has 2 bridgehead atoms. The van der Waals surface area contributed by atoms with Gasteiger partial charge in [0.05, 0.1) is 5.41 Å². The summed E-state index contributed by atoms with van der Waals surface area (Å²) in [6, 6.07) is 8.51. The number of hydrogen-bond acceptors (Lipinski definition) is 5. The third-order valence-corrected chi connectivity index (χ3v) is 7.74. The molecular formula is C28H42N2O4. The number of benzene rings is 1. The number of nitrogens with zero attached hydrogens (tertiary/aromatic N) is 1. The fraction of sp³-hybridized carbons (Fsp3) is 0.714. The molecule has 1 amide bonds. The Morgan fingerprint density at radius 2 is 1.85 bits per heavy atom. The van der Waals surface area contributed by atoms with Crippen LogP contribution in [0.15, 0.2) is 24.3 Å². The van der Waals surface area contributed by atoms with Crippen LogP contribution < -0.4 is 5.32 Å². The Hall–Kier alpha value is -2.08. The molecule has 34 heavy (non-hydrogen) atoms. The number of aryl methyl sites for hydroxylation is 1. The van der Waals surface area contributed by atoms with E-state index in [1.54, 1.807) is 0 Å². The van der Waals surface area contributed by atoms with Gasteiger partial charge in [0.1, 0.15) is 11.7 Å². The molecule has 0 spiro atoms. The summed E-state index contributed by atoms with van der Waals surface area (Å²) in [5.74, 6) is 0.521. The molecule has 1 atom stereocenters. The van der Waals surface area contributed by atoms with Crippen LogP contribution in [0.25, 0.3) is 0 Å². The van der Waals surface area contributed by atoms with Crippen LogP contribution in [0.5, 0.6) is 0 Å². The van der Waals surface area contributed by atoms with E-state index in [0.29, 0.717) is 12.5 Å². The highest BCUT2D eigenvalue weighted by molar-refractivity contribution is 5.83. The van der Waals surface area contributed by atoms with E-state index in [1.807, 2.05) is 20.8 Å². The lowest BCUT2D eigenvalue weighted by Crippen LogP contribution is -2.53. The van der Waals surface area contributed by atoms with Crippen molar-refractivity contribution in [2.45, 2.75) is 95.7 Å². The van der Waals surface area contributed by atoms with E-state index in [1.165, 1.54) is 12.0 Å². The van der Waals surface area contributed by atoms with Gasteiger partial charge in [-0.15, -0.1) is 0 Å². The van der Waals surface area contributed by atoms with Crippen molar-refractivity contribution < 1.29 is 19.1 Å². The van der Waals surface area contributed by atoms with Gasteiger partial charge in [-0.25, -0.2) is 4.79 Å². The van der Waals surface area contributed by atoms with Crippen molar-refractivity contribution in [1.82, 2.24) is 10.2 Å². The Kier molecular flexibility index (Phi) is 7.86. The molecule has 6 heteroatoms.